The van der Waals surface area contributed by atoms with E-state index in [1.165, 1.54) is 0 Å². The van der Waals surface area contributed by atoms with Gasteiger partial charge in [0, 0.05) is 39.3 Å². The number of nitrogens with zero attached hydrogens (tertiary/aromatic N) is 2. The zero-order valence-corrected chi connectivity index (χ0v) is 12.1. The lowest BCUT2D eigenvalue weighted by Gasteiger charge is -2.36. The SMILES string of the molecule is CCNC(=O)C1COCCN1C(=O)CN1CCNCC1. The molecule has 0 radical (unpaired) electrons. The van der Waals surface area contributed by atoms with Crippen molar-refractivity contribution in [2.75, 3.05) is 59.0 Å². The second-order valence-electron chi connectivity index (χ2n) is 5.10. The summed E-state index contributed by atoms with van der Waals surface area (Å²) in [6, 6.07) is -0.487. The van der Waals surface area contributed by atoms with Crippen LogP contribution in [0.1, 0.15) is 6.92 Å². The second kappa shape index (κ2) is 7.56. The Hall–Kier alpha value is -1.18. The van der Waals surface area contributed by atoms with E-state index in [9.17, 15) is 9.59 Å². The Morgan fingerprint density at radius 3 is 2.75 bits per heavy atom. The third-order valence-electron chi connectivity index (χ3n) is 3.67. The van der Waals surface area contributed by atoms with Crippen LogP contribution in [0.2, 0.25) is 0 Å². The maximum absolute atomic E-state index is 12.4. The fourth-order valence-electron chi connectivity index (χ4n) is 2.56. The minimum Gasteiger partial charge on any atom is -0.377 e. The standard InChI is InChI=1S/C13H24N4O3/c1-2-15-13(19)11-10-20-8-7-17(11)12(18)9-16-5-3-14-4-6-16/h11,14H,2-10H2,1H3,(H,15,19). The monoisotopic (exact) mass is 284 g/mol. The Balaban J connectivity index is 1.92. The van der Waals surface area contributed by atoms with Gasteiger partial charge in [0.15, 0.2) is 0 Å². The van der Waals surface area contributed by atoms with E-state index in [1.807, 2.05) is 6.92 Å². The molecule has 114 valence electrons. The van der Waals surface area contributed by atoms with Crippen molar-refractivity contribution in [2.45, 2.75) is 13.0 Å². The lowest BCUT2D eigenvalue weighted by atomic mass is 10.2. The summed E-state index contributed by atoms with van der Waals surface area (Å²) in [5, 5.41) is 6.03. The van der Waals surface area contributed by atoms with E-state index in [0.29, 0.717) is 32.8 Å². The third-order valence-corrected chi connectivity index (χ3v) is 3.67. The van der Waals surface area contributed by atoms with Crippen LogP contribution in [0.25, 0.3) is 0 Å². The Morgan fingerprint density at radius 2 is 2.05 bits per heavy atom. The zero-order valence-electron chi connectivity index (χ0n) is 12.1. The molecule has 2 amide bonds. The van der Waals surface area contributed by atoms with Crippen LogP contribution >= 0.6 is 0 Å². The molecule has 7 nitrogen and oxygen atoms in total. The molecule has 2 aliphatic rings. The summed E-state index contributed by atoms with van der Waals surface area (Å²) in [5.41, 5.74) is 0. The molecule has 0 aliphatic carbocycles. The molecule has 2 N–H and O–H groups in total. The number of ether oxygens (including phenoxy) is 1. The molecule has 2 rings (SSSR count). The van der Waals surface area contributed by atoms with Crippen LogP contribution in [0.4, 0.5) is 0 Å². The van der Waals surface area contributed by atoms with Crippen LogP contribution in [-0.2, 0) is 14.3 Å². The van der Waals surface area contributed by atoms with Gasteiger partial charge >= 0.3 is 0 Å². The smallest absolute Gasteiger partial charge is 0.245 e. The lowest BCUT2D eigenvalue weighted by molar-refractivity contribution is -0.149. The van der Waals surface area contributed by atoms with Gasteiger partial charge < -0.3 is 20.3 Å². The van der Waals surface area contributed by atoms with E-state index in [4.69, 9.17) is 4.74 Å². The van der Waals surface area contributed by atoms with Crippen LogP contribution in [0.3, 0.4) is 0 Å². The van der Waals surface area contributed by atoms with Crippen LogP contribution in [0, 0.1) is 0 Å². The Labute approximate surface area is 119 Å². The number of morpholine rings is 1. The van der Waals surface area contributed by atoms with Crippen molar-refractivity contribution < 1.29 is 14.3 Å². The maximum atomic E-state index is 12.4. The highest BCUT2D eigenvalue weighted by atomic mass is 16.5. The van der Waals surface area contributed by atoms with E-state index in [1.54, 1.807) is 4.90 Å². The molecule has 2 fully saturated rings. The number of hydrogen-bond acceptors (Lipinski definition) is 5. The van der Waals surface area contributed by atoms with Crippen molar-refractivity contribution in [3.63, 3.8) is 0 Å². The third kappa shape index (κ3) is 3.91. The molecule has 1 atom stereocenters. The van der Waals surface area contributed by atoms with E-state index < -0.39 is 6.04 Å². The molecule has 2 heterocycles. The average Bonchev–Trinajstić information content (AvgIpc) is 2.48. The minimum atomic E-state index is -0.487. The molecule has 0 aromatic carbocycles. The van der Waals surface area contributed by atoms with Gasteiger partial charge in [-0.1, -0.05) is 0 Å². The molecule has 0 spiro atoms. The fourth-order valence-corrected chi connectivity index (χ4v) is 2.56. The predicted molar refractivity (Wildman–Crippen MR) is 74.3 cm³/mol. The largest absolute Gasteiger partial charge is 0.377 e. The molecule has 2 aliphatic heterocycles. The highest BCUT2D eigenvalue weighted by Crippen LogP contribution is 2.09. The second-order valence-corrected chi connectivity index (χ2v) is 5.10. The molecule has 20 heavy (non-hydrogen) atoms. The summed E-state index contributed by atoms with van der Waals surface area (Å²) >= 11 is 0. The quantitative estimate of drug-likeness (QED) is 0.641. The maximum Gasteiger partial charge on any atom is 0.245 e. The van der Waals surface area contributed by atoms with Gasteiger partial charge in [-0.15, -0.1) is 0 Å². The molecular weight excluding hydrogens is 260 g/mol. The van der Waals surface area contributed by atoms with Gasteiger partial charge in [0.1, 0.15) is 6.04 Å². The van der Waals surface area contributed by atoms with Crippen LogP contribution in [0.5, 0.6) is 0 Å². The first-order valence-electron chi connectivity index (χ1n) is 7.30. The average molecular weight is 284 g/mol. The zero-order chi connectivity index (χ0) is 14.4. The predicted octanol–water partition coefficient (Wildman–Crippen LogP) is -1.74. The first-order chi connectivity index (χ1) is 9.72. The van der Waals surface area contributed by atoms with E-state index in [0.717, 1.165) is 26.2 Å². The number of rotatable bonds is 4. The first-order valence-corrected chi connectivity index (χ1v) is 7.30. The van der Waals surface area contributed by atoms with Gasteiger partial charge in [0.2, 0.25) is 11.8 Å². The van der Waals surface area contributed by atoms with Crippen LogP contribution in [-0.4, -0.2) is 86.7 Å². The number of likely N-dealkylation sites (N-methyl/N-ethyl adjacent to an activating group) is 1. The molecule has 7 heteroatoms. The number of carbonyl (C=O) groups excluding carboxylic acids is 2. The van der Waals surface area contributed by atoms with Gasteiger partial charge in [0.25, 0.3) is 0 Å². The van der Waals surface area contributed by atoms with Crippen molar-refractivity contribution in [3.8, 4) is 0 Å². The Bertz CT molecular complexity index is 345. The van der Waals surface area contributed by atoms with Crippen LogP contribution in [0.15, 0.2) is 0 Å². The highest BCUT2D eigenvalue weighted by Gasteiger charge is 2.33. The van der Waals surface area contributed by atoms with E-state index >= 15 is 0 Å². The van der Waals surface area contributed by atoms with Gasteiger partial charge in [-0.2, -0.15) is 0 Å². The van der Waals surface area contributed by atoms with Gasteiger partial charge in [-0.25, -0.2) is 0 Å². The van der Waals surface area contributed by atoms with Crippen molar-refractivity contribution in [3.05, 3.63) is 0 Å². The first kappa shape index (κ1) is 15.2. The highest BCUT2D eigenvalue weighted by molar-refractivity contribution is 5.88. The van der Waals surface area contributed by atoms with Gasteiger partial charge in [-0.05, 0) is 6.92 Å². The summed E-state index contributed by atoms with van der Waals surface area (Å²) in [5.74, 6) is -0.104. The summed E-state index contributed by atoms with van der Waals surface area (Å²) in [6.45, 7) is 7.69. The fraction of sp³-hybridized carbons (Fsp3) is 0.846. The normalized spacial score (nSPS) is 24.4. The lowest BCUT2D eigenvalue weighted by Crippen LogP contribution is -2.58. The Morgan fingerprint density at radius 1 is 1.30 bits per heavy atom. The van der Waals surface area contributed by atoms with E-state index in [-0.39, 0.29) is 11.8 Å². The molecule has 0 bridgehead atoms. The molecule has 2 saturated heterocycles. The molecular formula is C13H24N4O3. The van der Waals surface area contributed by atoms with Gasteiger partial charge in [-0.3, -0.25) is 14.5 Å². The molecule has 0 aromatic heterocycles. The molecule has 0 aromatic rings. The molecule has 1 unspecified atom stereocenters. The van der Waals surface area contributed by atoms with Crippen LogP contribution < -0.4 is 10.6 Å². The summed E-state index contributed by atoms with van der Waals surface area (Å²) < 4.78 is 5.34. The Kier molecular flexibility index (Phi) is 5.75. The number of hydrogen-bond donors (Lipinski definition) is 2. The van der Waals surface area contributed by atoms with E-state index in [2.05, 4.69) is 15.5 Å². The minimum absolute atomic E-state index is 0.0199. The number of carbonyl (C=O) groups is 2. The van der Waals surface area contributed by atoms with Gasteiger partial charge in [0.05, 0.1) is 19.8 Å². The molecule has 0 saturated carbocycles. The van der Waals surface area contributed by atoms with Crippen molar-refractivity contribution in [1.29, 1.82) is 0 Å². The van der Waals surface area contributed by atoms with Crippen molar-refractivity contribution in [1.82, 2.24) is 20.4 Å². The topological polar surface area (TPSA) is 73.9 Å². The summed E-state index contributed by atoms with van der Waals surface area (Å²) in [4.78, 5) is 28.2. The number of piperazine rings is 1. The van der Waals surface area contributed by atoms with Crippen molar-refractivity contribution in [2.24, 2.45) is 0 Å². The number of amides is 2. The summed E-state index contributed by atoms with van der Waals surface area (Å²) in [6.07, 6.45) is 0. The summed E-state index contributed by atoms with van der Waals surface area (Å²) in [7, 11) is 0. The number of nitrogens with one attached hydrogen (secondary N) is 2. The van der Waals surface area contributed by atoms with Crippen molar-refractivity contribution >= 4 is 11.8 Å².